The number of aromatic nitrogens is 1. The Labute approximate surface area is 139 Å². The number of benzene rings is 1. The predicted octanol–water partition coefficient (Wildman–Crippen LogP) is 2.29. The van der Waals surface area contributed by atoms with Crippen molar-refractivity contribution in [2.75, 3.05) is 23.9 Å². The van der Waals surface area contributed by atoms with E-state index in [0.717, 1.165) is 5.56 Å². The highest BCUT2D eigenvalue weighted by Crippen LogP contribution is 2.34. The molecule has 2 heterocycles. The van der Waals surface area contributed by atoms with Crippen molar-refractivity contribution >= 4 is 23.3 Å². The van der Waals surface area contributed by atoms with Crippen molar-refractivity contribution in [1.82, 2.24) is 5.16 Å². The van der Waals surface area contributed by atoms with Gasteiger partial charge in [-0.3, -0.25) is 9.59 Å². The number of anilines is 2. The summed E-state index contributed by atoms with van der Waals surface area (Å²) in [5, 5.41) is 6.42. The number of carbonyl (C=O) groups is 2. The molecule has 1 aliphatic rings. The summed E-state index contributed by atoms with van der Waals surface area (Å²) in [7, 11) is 1.56. The van der Waals surface area contributed by atoms with Crippen molar-refractivity contribution in [3.8, 4) is 5.75 Å². The molecular weight excluding hydrogens is 310 g/mol. The van der Waals surface area contributed by atoms with Gasteiger partial charge < -0.3 is 19.5 Å². The summed E-state index contributed by atoms with van der Waals surface area (Å²) in [6, 6.07) is 7.26. The molecule has 7 nitrogen and oxygen atoms in total. The molecule has 0 radical (unpaired) electrons. The minimum atomic E-state index is -0.445. The molecule has 0 saturated carbocycles. The molecule has 1 aromatic carbocycles. The number of hydrogen-bond donors (Lipinski definition) is 1. The second-order valence-corrected chi connectivity index (χ2v) is 5.89. The molecule has 1 atom stereocenters. The summed E-state index contributed by atoms with van der Waals surface area (Å²) in [5.41, 5.74) is 1.71. The summed E-state index contributed by atoms with van der Waals surface area (Å²) in [6.07, 6.45) is 0.153. The van der Waals surface area contributed by atoms with Gasteiger partial charge in [0.1, 0.15) is 11.5 Å². The van der Waals surface area contributed by atoms with Crippen LogP contribution in [-0.4, -0.2) is 30.6 Å². The molecular formula is C17H19N3O4. The van der Waals surface area contributed by atoms with Gasteiger partial charge in [-0.15, -0.1) is 0 Å². The predicted molar refractivity (Wildman–Crippen MR) is 88.1 cm³/mol. The van der Waals surface area contributed by atoms with Gasteiger partial charge in [-0.2, -0.15) is 0 Å². The largest absolute Gasteiger partial charge is 0.495 e. The van der Waals surface area contributed by atoms with Gasteiger partial charge in [0.25, 0.3) is 0 Å². The molecule has 1 unspecified atom stereocenters. The summed E-state index contributed by atoms with van der Waals surface area (Å²) >= 11 is 0. The number of nitrogens with one attached hydrogen (secondary N) is 1. The molecule has 126 valence electrons. The molecule has 1 N–H and O–H groups in total. The van der Waals surface area contributed by atoms with Gasteiger partial charge in [0.15, 0.2) is 5.82 Å². The highest BCUT2D eigenvalue weighted by atomic mass is 16.5. The first kappa shape index (κ1) is 16.0. The average molecular weight is 329 g/mol. The fourth-order valence-electron chi connectivity index (χ4n) is 2.78. The Morgan fingerprint density at radius 2 is 2.17 bits per heavy atom. The zero-order valence-electron chi connectivity index (χ0n) is 13.8. The summed E-state index contributed by atoms with van der Waals surface area (Å²) in [6.45, 7) is 4.00. The Bertz CT molecular complexity index is 784. The monoisotopic (exact) mass is 329 g/mol. The van der Waals surface area contributed by atoms with Gasteiger partial charge in [0, 0.05) is 19.0 Å². The first-order valence-electron chi connectivity index (χ1n) is 7.67. The van der Waals surface area contributed by atoms with Crippen LogP contribution in [0.1, 0.15) is 17.7 Å². The minimum absolute atomic E-state index is 0.101. The smallest absolute Gasteiger partial charge is 0.231 e. The second-order valence-electron chi connectivity index (χ2n) is 5.89. The Hall–Kier alpha value is -2.83. The van der Waals surface area contributed by atoms with E-state index in [1.54, 1.807) is 25.0 Å². The molecule has 3 rings (SSSR count). The molecule has 1 aromatic heterocycles. The van der Waals surface area contributed by atoms with Crippen LogP contribution in [0.2, 0.25) is 0 Å². The van der Waals surface area contributed by atoms with Crippen LogP contribution in [0.25, 0.3) is 0 Å². The Morgan fingerprint density at radius 3 is 2.83 bits per heavy atom. The molecule has 2 amide bonds. The maximum absolute atomic E-state index is 12.4. The Morgan fingerprint density at radius 1 is 1.38 bits per heavy atom. The van der Waals surface area contributed by atoms with E-state index in [1.165, 1.54) is 0 Å². The first-order valence-corrected chi connectivity index (χ1v) is 7.67. The lowest BCUT2D eigenvalue weighted by molar-refractivity contribution is -0.122. The third-order valence-corrected chi connectivity index (χ3v) is 4.00. The maximum Gasteiger partial charge on any atom is 0.231 e. The number of ether oxygens (including phenoxy) is 1. The van der Waals surface area contributed by atoms with E-state index in [1.807, 2.05) is 25.1 Å². The van der Waals surface area contributed by atoms with Gasteiger partial charge in [-0.1, -0.05) is 11.2 Å². The lowest BCUT2D eigenvalue weighted by Crippen LogP contribution is -2.28. The van der Waals surface area contributed by atoms with Crippen LogP contribution in [0.5, 0.6) is 5.75 Å². The lowest BCUT2D eigenvalue weighted by Gasteiger charge is -2.20. The summed E-state index contributed by atoms with van der Waals surface area (Å²) in [4.78, 5) is 26.3. The van der Waals surface area contributed by atoms with E-state index in [-0.39, 0.29) is 18.2 Å². The quantitative estimate of drug-likeness (QED) is 0.930. The number of aryl methyl sites for hydroxylation is 2. The molecule has 0 aliphatic carbocycles. The molecule has 0 spiro atoms. The van der Waals surface area contributed by atoms with Crippen LogP contribution in [0, 0.1) is 19.8 Å². The highest BCUT2D eigenvalue weighted by Gasteiger charge is 2.36. The van der Waals surface area contributed by atoms with E-state index < -0.39 is 5.92 Å². The number of methoxy groups -OCH3 is 1. The van der Waals surface area contributed by atoms with Crippen LogP contribution in [0.15, 0.2) is 28.8 Å². The van der Waals surface area contributed by atoms with E-state index in [2.05, 4.69) is 10.5 Å². The normalized spacial score (nSPS) is 17.2. The van der Waals surface area contributed by atoms with Crippen LogP contribution < -0.4 is 15.0 Å². The number of hydrogen-bond acceptors (Lipinski definition) is 5. The summed E-state index contributed by atoms with van der Waals surface area (Å²) < 4.78 is 10.3. The van der Waals surface area contributed by atoms with E-state index in [0.29, 0.717) is 29.6 Å². The standard InChI is InChI=1S/C17H19N3O4/c1-10-4-5-14(23-3)13(6-10)20-9-12(8-16(20)21)17(22)18-15-7-11(2)24-19-15/h4-7,12H,8-9H2,1-3H3,(H,18,19,22). The van der Waals surface area contributed by atoms with Crippen LogP contribution >= 0.6 is 0 Å². The highest BCUT2D eigenvalue weighted by molar-refractivity contribution is 6.04. The zero-order chi connectivity index (χ0) is 17.3. The third kappa shape index (κ3) is 3.10. The topological polar surface area (TPSA) is 84.7 Å². The van der Waals surface area contributed by atoms with Crippen molar-refractivity contribution < 1.29 is 18.8 Å². The van der Waals surface area contributed by atoms with Crippen molar-refractivity contribution in [2.24, 2.45) is 5.92 Å². The average Bonchev–Trinajstić information content (AvgIpc) is 3.13. The van der Waals surface area contributed by atoms with Crippen molar-refractivity contribution in [3.63, 3.8) is 0 Å². The van der Waals surface area contributed by atoms with Crippen LogP contribution in [0.4, 0.5) is 11.5 Å². The van der Waals surface area contributed by atoms with Gasteiger partial charge in [0.2, 0.25) is 11.8 Å². The molecule has 2 aromatic rings. The van der Waals surface area contributed by atoms with Gasteiger partial charge in [-0.25, -0.2) is 0 Å². The summed E-state index contributed by atoms with van der Waals surface area (Å²) in [5.74, 6) is 0.790. The maximum atomic E-state index is 12.4. The molecule has 24 heavy (non-hydrogen) atoms. The number of nitrogens with zero attached hydrogens (tertiary/aromatic N) is 2. The molecule has 1 saturated heterocycles. The molecule has 1 aliphatic heterocycles. The van der Waals surface area contributed by atoms with Gasteiger partial charge >= 0.3 is 0 Å². The van der Waals surface area contributed by atoms with Gasteiger partial charge in [-0.05, 0) is 31.5 Å². The van der Waals surface area contributed by atoms with Crippen molar-refractivity contribution in [2.45, 2.75) is 20.3 Å². The molecule has 1 fully saturated rings. The van der Waals surface area contributed by atoms with Crippen molar-refractivity contribution in [3.05, 3.63) is 35.6 Å². The van der Waals surface area contributed by atoms with Crippen molar-refractivity contribution in [1.29, 1.82) is 0 Å². The van der Waals surface area contributed by atoms with Crippen LogP contribution in [0.3, 0.4) is 0 Å². The number of carbonyl (C=O) groups excluding carboxylic acids is 2. The molecule has 7 heteroatoms. The van der Waals surface area contributed by atoms with Gasteiger partial charge in [0.05, 0.1) is 18.7 Å². The zero-order valence-corrected chi connectivity index (χ0v) is 13.8. The first-order chi connectivity index (χ1) is 11.5. The Kier molecular flexibility index (Phi) is 4.24. The van der Waals surface area contributed by atoms with E-state index in [4.69, 9.17) is 9.26 Å². The second kappa shape index (κ2) is 6.35. The Balaban J connectivity index is 1.76. The minimum Gasteiger partial charge on any atom is -0.495 e. The lowest BCUT2D eigenvalue weighted by atomic mass is 10.1. The van der Waals surface area contributed by atoms with E-state index >= 15 is 0 Å². The SMILES string of the molecule is COc1ccc(C)cc1N1CC(C(=O)Nc2cc(C)on2)CC1=O. The number of rotatable bonds is 4. The van der Waals surface area contributed by atoms with Crippen LogP contribution in [-0.2, 0) is 9.59 Å². The third-order valence-electron chi connectivity index (χ3n) is 4.00. The molecule has 0 bridgehead atoms. The van der Waals surface area contributed by atoms with E-state index in [9.17, 15) is 9.59 Å². The number of amides is 2. The fraction of sp³-hybridized carbons (Fsp3) is 0.353. The fourth-order valence-corrected chi connectivity index (χ4v) is 2.78.